The summed E-state index contributed by atoms with van der Waals surface area (Å²) < 4.78 is 5.31. The zero-order valence-electron chi connectivity index (χ0n) is 11.8. The van der Waals surface area contributed by atoms with E-state index in [-0.39, 0.29) is 4.83 Å². The lowest BCUT2D eigenvalue weighted by Gasteiger charge is -2.14. The SMILES string of the molecule is COc1ccc(C(Br)c2cc(C)cc(C)c2)cc1C. The lowest BCUT2D eigenvalue weighted by Crippen LogP contribution is -1.96. The number of aryl methyl sites for hydroxylation is 3. The maximum absolute atomic E-state index is 5.31. The van der Waals surface area contributed by atoms with Gasteiger partial charge in [0.25, 0.3) is 0 Å². The third-order valence-corrected chi connectivity index (χ3v) is 4.31. The summed E-state index contributed by atoms with van der Waals surface area (Å²) in [6, 6.07) is 13.0. The Morgan fingerprint density at radius 1 is 0.895 bits per heavy atom. The molecule has 0 heterocycles. The first-order valence-electron chi connectivity index (χ1n) is 6.38. The molecule has 1 atom stereocenters. The number of halogens is 1. The average Bonchev–Trinajstić information content (AvgIpc) is 2.36. The summed E-state index contributed by atoms with van der Waals surface area (Å²) in [7, 11) is 1.71. The highest BCUT2D eigenvalue weighted by Gasteiger charge is 2.12. The fraction of sp³-hybridized carbons (Fsp3) is 0.294. The number of ether oxygens (including phenoxy) is 1. The van der Waals surface area contributed by atoms with Crippen molar-refractivity contribution < 1.29 is 4.74 Å². The standard InChI is InChI=1S/C17H19BrO/c1-11-7-12(2)9-15(8-11)17(18)14-5-6-16(19-4)13(3)10-14/h5-10,17H,1-4H3. The minimum Gasteiger partial charge on any atom is -0.496 e. The first-order valence-corrected chi connectivity index (χ1v) is 7.29. The van der Waals surface area contributed by atoms with Crippen molar-refractivity contribution >= 4 is 15.9 Å². The van der Waals surface area contributed by atoms with Gasteiger partial charge >= 0.3 is 0 Å². The van der Waals surface area contributed by atoms with Crippen LogP contribution in [0.4, 0.5) is 0 Å². The third kappa shape index (κ3) is 3.19. The highest BCUT2D eigenvalue weighted by atomic mass is 79.9. The Kier molecular flexibility index (Phi) is 4.31. The van der Waals surface area contributed by atoms with Crippen LogP contribution in [0.3, 0.4) is 0 Å². The second-order valence-corrected chi connectivity index (χ2v) is 5.93. The molecule has 0 spiro atoms. The number of benzene rings is 2. The van der Waals surface area contributed by atoms with E-state index in [0.717, 1.165) is 11.3 Å². The third-order valence-electron chi connectivity index (χ3n) is 3.25. The van der Waals surface area contributed by atoms with Crippen LogP contribution in [-0.4, -0.2) is 7.11 Å². The molecular weight excluding hydrogens is 300 g/mol. The van der Waals surface area contributed by atoms with Crippen LogP contribution in [0.5, 0.6) is 5.75 Å². The molecule has 0 aliphatic rings. The minimum atomic E-state index is 0.218. The van der Waals surface area contributed by atoms with Crippen molar-refractivity contribution in [2.75, 3.05) is 7.11 Å². The molecule has 0 saturated heterocycles. The van der Waals surface area contributed by atoms with Crippen LogP contribution in [-0.2, 0) is 0 Å². The van der Waals surface area contributed by atoms with Gasteiger partial charge in [0, 0.05) is 0 Å². The predicted octanol–water partition coefficient (Wildman–Crippen LogP) is 5.10. The van der Waals surface area contributed by atoms with E-state index in [1.807, 2.05) is 6.07 Å². The topological polar surface area (TPSA) is 9.23 Å². The Bertz CT molecular complexity index is 570. The normalized spacial score (nSPS) is 12.3. The lowest BCUT2D eigenvalue weighted by molar-refractivity contribution is 0.411. The smallest absolute Gasteiger partial charge is 0.121 e. The first kappa shape index (κ1) is 14.1. The maximum atomic E-state index is 5.31. The van der Waals surface area contributed by atoms with Crippen molar-refractivity contribution in [3.05, 3.63) is 64.2 Å². The monoisotopic (exact) mass is 318 g/mol. The van der Waals surface area contributed by atoms with Crippen molar-refractivity contribution in [3.8, 4) is 5.75 Å². The summed E-state index contributed by atoms with van der Waals surface area (Å²) >= 11 is 3.80. The van der Waals surface area contributed by atoms with Gasteiger partial charge in [-0.1, -0.05) is 57.4 Å². The second-order valence-electron chi connectivity index (χ2n) is 5.01. The zero-order chi connectivity index (χ0) is 14.0. The van der Waals surface area contributed by atoms with Gasteiger partial charge in [-0.2, -0.15) is 0 Å². The summed E-state index contributed by atoms with van der Waals surface area (Å²) in [5, 5.41) is 0. The first-order chi connectivity index (χ1) is 9.01. The van der Waals surface area contributed by atoms with Crippen LogP contribution >= 0.6 is 15.9 Å². The molecule has 0 aliphatic carbocycles. The predicted molar refractivity (Wildman–Crippen MR) is 84.4 cm³/mol. The van der Waals surface area contributed by atoms with E-state index in [9.17, 15) is 0 Å². The molecule has 0 saturated carbocycles. The molecule has 2 aromatic carbocycles. The summed E-state index contributed by atoms with van der Waals surface area (Å²) in [5.41, 5.74) is 6.30. The van der Waals surface area contributed by atoms with E-state index in [1.54, 1.807) is 7.11 Å². The molecule has 1 unspecified atom stereocenters. The highest BCUT2D eigenvalue weighted by molar-refractivity contribution is 9.09. The Hall–Kier alpha value is -1.28. The molecule has 2 heteroatoms. The van der Waals surface area contributed by atoms with Gasteiger partial charge in [-0.15, -0.1) is 0 Å². The second kappa shape index (κ2) is 5.79. The molecule has 0 aliphatic heterocycles. The number of rotatable bonds is 3. The molecule has 0 aromatic heterocycles. The molecule has 0 bridgehead atoms. The van der Waals surface area contributed by atoms with Crippen molar-refractivity contribution in [2.24, 2.45) is 0 Å². The van der Waals surface area contributed by atoms with Gasteiger partial charge in [0.2, 0.25) is 0 Å². The largest absolute Gasteiger partial charge is 0.496 e. The van der Waals surface area contributed by atoms with E-state index >= 15 is 0 Å². The van der Waals surface area contributed by atoms with Crippen LogP contribution in [0.25, 0.3) is 0 Å². The molecule has 100 valence electrons. The van der Waals surface area contributed by atoms with Crippen LogP contribution < -0.4 is 4.74 Å². The number of methoxy groups -OCH3 is 1. The average molecular weight is 319 g/mol. The van der Waals surface area contributed by atoms with Crippen LogP contribution in [0.15, 0.2) is 36.4 Å². The molecule has 2 aromatic rings. The molecular formula is C17H19BrO. The Morgan fingerprint density at radius 2 is 1.53 bits per heavy atom. The zero-order valence-corrected chi connectivity index (χ0v) is 13.4. The fourth-order valence-electron chi connectivity index (χ4n) is 2.41. The van der Waals surface area contributed by atoms with E-state index in [1.165, 1.54) is 22.3 Å². The van der Waals surface area contributed by atoms with Crippen molar-refractivity contribution in [3.63, 3.8) is 0 Å². The van der Waals surface area contributed by atoms with E-state index in [0.29, 0.717) is 0 Å². The van der Waals surface area contributed by atoms with Gasteiger partial charge in [-0.25, -0.2) is 0 Å². The van der Waals surface area contributed by atoms with Gasteiger partial charge in [0.05, 0.1) is 11.9 Å². The summed E-state index contributed by atoms with van der Waals surface area (Å²) in [4.78, 5) is 0.218. The van der Waals surface area contributed by atoms with E-state index in [2.05, 4.69) is 67.0 Å². The molecule has 19 heavy (non-hydrogen) atoms. The summed E-state index contributed by atoms with van der Waals surface area (Å²) in [6.07, 6.45) is 0. The lowest BCUT2D eigenvalue weighted by atomic mass is 9.99. The van der Waals surface area contributed by atoms with Gasteiger partial charge in [-0.3, -0.25) is 0 Å². The molecule has 1 nitrogen and oxygen atoms in total. The molecule has 0 N–H and O–H groups in total. The summed E-state index contributed by atoms with van der Waals surface area (Å²) in [6.45, 7) is 6.34. The van der Waals surface area contributed by atoms with Gasteiger partial charge in [0.15, 0.2) is 0 Å². The van der Waals surface area contributed by atoms with Gasteiger partial charge < -0.3 is 4.74 Å². The van der Waals surface area contributed by atoms with Crippen LogP contribution in [0.1, 0.15) is 32.6 Å². The van der Waals surface area contributed by atoms with Crippen LogP contribution in [0, 0.1) is 20.8 Å². The number of alkyl halides is 1. The number of hydrogen-bond donors (Lipinski definition) is 0. The highest BCUT2D eigenvalue weighted by Crippen LogP contribution is 2.34. The van der Waals surface area contributed by atoms with E-state index in [4.69, 9.17) is 4.74 Å². The maximum Gasteiger partial charge on any atom is 0.121 e. The van der Waals surface area contributed by atoms with Gasteiger partial charge in [-0.05, 0) is 43.5 Å². The molecule has 0 radical (unpaired) electrons. The molecule has 0 amide bonds. The quantitative estimate of drug-likeness (QED) is 0.715. The van der Waals surface area contributed by atoms with Crippen molar-refractivity contribution in [1.29, 1.82) is 0 Å². The molecule has 0 fully saturated rings. The fourth-order valence-corrected chi connectivity index (χ4v) is 2.96. The Labute approximate surface area is 123 Å². The Balaban J connectivity index is 2.38. The van der Waals surface area contributed by atoms with Crippen LogP contribution in [0.2, 0.25) is 0 Å². The summed E-state index contributed by atoms with van der Waals surface area (Å²) in [5.74, 6) is 0.934. The Morgan fingerprint density at radius 3 is 2.05 bits per heavy atom. The van der Waals surface area contributed by atoms with E-state index < -0.39 is 0 Å². The number of hydrogen-bond acceptors (Lipinski definition) is 1. The van der Waals surface area contributed by atoms with Crippen molar-refractivity contribution in [1.82, 2.24) is 0 Å². The minimum absolute atomic E-state index is 0.218. The van der Waals surface area contributed by atoms with Crippen molar-refractivity contribution in [2.45, 2.75) is 25.6 Å². The molecule has 2 rings (SSSR count). The van der Waals surface area contributed by atoms with Gasteiger partial charge in [0.1, 0.15) is 5.75 Å².